The zero-order valence-electron chi connectivity index (χ0n) is 8.46. The maximum Gasteiger partial charge on any atom is 0.196 e. The van der Waals surface area contributed by atoms with Crippen LogP contribution in [0.25, 0.3) is 0 Å². The van der Waals surface area contributed by atoms with Crippen LogP contribution in [0.4, 0.5) is 0 Å². The van der Waals surface area contributed by atoms with Crippen LogP contribution < -0.4 is 0 Å². The van der Waals surface area contributed by atoms with E-state index in [2.05, 4.69) is 26.5 Å². The minimum atomic E-state index is -0.00694. The Morgan fingerprint density at radius 3 is 2.77 bits per heavy atom. The molecule has 1 nitrogen and oxygen atoms in total. The van der Waals surface area contributed by atoms with Crippen molar-refractivity contribution in [2.24, 2.45) is 11.3 Å². The minimum absolute atomic E-state index is 0.00694. The van der Waals surface area contributed by atoms with Crippen LogP contribution in [0, 0.1) is 11.3 Å². The van der Waals surface area contributed by atoms with E-state index in [1.807, 2.05) is 12.3 Å². The van der Waals surface area contributed by atoms with Crippen LogP contribution in [0.3, 0.4) is 0 Å². The van der Waals surface area contributed by atoms with Gasteiger partial charge in [0.05, 0.1) is 5.92 Å². The molecule has 0 aromatic heterocycles. The summed E-state index contributed by atoms with van der Waals surface area (Å²) in [5.41, 5.74) is 0.988. The lowest BCUT2D eigenvalue weighted by atomic mass is 9.70. The highest BCUT2D eigenvalue weighted by atomic mass is 32.2. The molecule has 0 N–H and O–H groups in total. The third-order valence-electron chi connectivity index (χ3n) is 2.57. The molecule has 0 amide bonds. The quantitative estimate of drug-likeness (QED) is 0.641. The molecule has 0 heterocycles. The molecule has 1 aliphatic rings. The number of hydrogen-bond donors (Lipinski definition) is 0. The Hall–Kier alpha value is -0.500. The van der Waals surface area contributed by atoms with E-state index in [-0.39, 0.29) is 16.4 Å². The van der Waals surface area contributed by atoms with E-state index >= 15 is 0 Å². The fraction of sp³-hybridized carbons (Fsp3) is 0.545. The number of carbonyl (C=O) groups is 1. The van der Waals surface area contributed by atoms with E-state index in [4.69, 9.17) is 0 Å². The van der Waals surface area contributed by atoms with E-state index in [1.54, 1.807) is 0 Å². The molecule has 13 heavy (non-hydrogen) atoms. The molecule has 0 bridgehead atoms. The van der Waals surface area contributed by atoms with Crippen molar-refractivity contribution < 1.29 is 4.79 Å². The molecule has 0 fully saturated rings. The van der Waals surface area contributed by atoms with Gasteiger partial charge in [0.1, 0.15) is 0 Å². The van der Waals surface area contributed by atoms with Crippen LogP contribution in [-0.4, -0.2) is 11.4 Å². The van der Waals surface area contributed by atoms with Gasteiger partial charge in [-0.15, -0.1) is 0 Å². The number of carbonyl (C=O) groups excluding carboxylic acids is 1. The van der Waals surface area contributed by atoms with Crippen molar-refractivity contribution in [3.63, 3.8) is 0 Å². The summed E-state index contributed by atoms with van der Waals surface area (Å²) < 4.78 is 0. The first-order chi connectivity index (χ1) is 5.99. The maximum absolute atomic E-state index is 11.7. The Bertz CT molecular complexity index is 263. The number of rotatable bonds is 1. The fourth-order valence-electron chi connectivity index (χ4n) is 1.82. The van der Waals surface area contributed by atoms with E-state index in [1.165, 1.54) is 11.8 Å². The lowest BCUT2D eigenvalue weighted by Crippen LogP contribution is -2.32. The first-order valence-electron chi connectivity index (χ1n) is 4.42. The van der Waals surface area contributed by atoms with Gasteiger partial charge in [-0.2, -0.15) is 0 Å². The summed E-state index contributed by atoms with van der Waals surface area (Å²) >= 11 is 1.30. The van der Waals surface area contributed by atoms with Gasteiger partial charge in [-0.1, -0.05) is 44.3 Å². The molecule has 0 spiro atoms. The molecule has 1 atom stereocenters. The molecule has 72 valence electrons. The Labute approximate surface area is 84.3 Å². The van der Waals surface area contributed by atoms with E-state index in [9.17, 15) is 4.79 Å². The predicted molar refractivity (Wildman–Crippen MR) is 58.7 cm³/mol. The van der Waals surface area contributed by atoms with Crippen molar-refractivity contribution in [1.82, 2.24) is 0 Å². The molecule has 0 aromatic carbocycles. The molecule has 0 radical (unpaired) electrons. The normalized spacial score (nSPS) is 26.1. The van der Waals surface area contributed by atoms with Gasteiger partial charge in [0, 0.05) is 0 Å². The van der Waals surface area contributed by atoms with E-state index < -0.39 is 0 Å². The summed E-state index contributed by atoms with van der Waals surface area (Å²) in [6.45, 7) is 8.19. The molecule has 1 rings (SSSR count). The molecular weight excluding hydrogens is 180 g/mol. The molecule has 0 aliphatic heterocycles. The third kappa shape index (κ3) is 2.05. The molecule has 2 heteroatoms. The Morgan fingerprint density at radius 1 is 1.69 bits per heavy atom. The van der Waals surface area contributed by atoms with Gasteiger partial charge < -0.3 is 0 Å². The zero-order valence-corrected chi connectivity index (χ0v) is 9.28. The maximum atomic E-state index is 11.7. The molecule has 1 unspecified atom stereocenters. The Balaban J connectivity index is 2.96. The van der Waals surface area contributed by atoms with Gasteiger partial charge >= 0.3 is 0 Å². The lowest BCUT2D eigenvalue weighted by Gasteiger charge is -2.35. The van der Waals surface area contributed by atoms with Crippen LogP contribution in [0.15, 0.2) is 24.3 Å². The van der Waals surface area contributed by atoms with E-state index in [0.717, 1.165) is 12.0 Å². The fourth-order valence-corrected chi connectivity index (χ4v) is 2.52. The highest BCUT2D eigenvalue weighted by Crippen LogP contribution is 2.41. The third-order valence-corrected chi connectivity index (χ3v) is 3.20. The summed E-state index contributed by atoms with van der Waals surface area (Å²) in [5, 5.41) is 0.236. The van der Waals surface area contributed by atoms with Crippen molar-refractivity contribution >= 4 is 16.9 Å². The van der Waals surface area contributed by atoms with Gasteiger partial charge in [0.15, 0.2) is 5.12 Å². The second-order valence-electron chi connectivity index (χ2n) is 4.13. The second kappa shape index (κ2) is 3.70. The SMILES string of the molecule is C=C1C=CCC(C)(C)C1C(=O)SC. The van der Waals surface area contributed by atoms with Crippen molar-refractivity contribution in [2.45, 2.75) is 20.3 Å². The lowest BCUT2D eigenvalue weighted by molar-refractivity contribution is -0.116. The van der Waals surface area contributed by atoms with Gasteiger partial charge in [-0.3, -0.25) is 4.79 Å². The van der Waals surface area contributed by atoms with Gasteiger partial charge in [-0.05, 0) is 23.7 Å². The molecule has 0 saturated heterocycles. The van der Waals surface area contributed by atoms with Crippen LogP contribution in [0.5, 0.6) is 0 Å². The summed E-state index contributed by atoms with van der Waals surface area (Å²) in [5.74, 6) is -0.00694. The van der Waals surface area contributed by atoms with Crippen LogP contribution in [0.2, 0.25) is 0 Å². The van der Waals surface area contributed by atoms with Crippen LogP contribution in [-0.2, 0) is 4.79 Å². The summed E-state index contributed by atoms with van der Waals surface area (Å²) in [6, 6.07) is 0. The summed E-state index contributed by atoms with van der Waals surface area (Å²) in [4.78, 5) is 11.7. The number of hydrogen-bond acceptors (Lipinski definition) is 2. The summed E-state index contributed by atoms with van der Waals surface area (Å²) in [6.07, 6.45) is 6.88. The monoisotopic (exact) mass is 196 g/mol. The van der Waals surface area contributed by atoms with Gasteiger partial charge in [0.2, 0.25) is 0 Å². The Morgan fingerprint density at radius 2 is 2.31 bits per heavy atom. The molecular formula is C11H16OS. The molecule has 0 aromatic rings. The molecule has 0 saturated carbocycles. The van der Waals surface area contributed by atoms with Crippen molar-refractivity contribution in [2.75, 3.05) is 6.26 Å². The minimum Gasteiger partial charge on any atom is -0.287 e. The van der Waals surface area contributed by atoms with Gasteiger partial charge in [-0.25, -0.2) is 0 Å². The zero-order chi connectivity index (χ0) is 10.1. The van der Waals surface area contributed by atoms with E-state index in [0.29, 0.717) is 0 Å². The Kier molecular flexibility index (Phi) is 3.01. The highest BCUT2D eigenvalue weighted by molar-refractivity contribution is 8.13. The number of allylic oxidation sites excluding steroid dienone is 3. The van der Waals surface area contributed by atoms with Crippen molar-refractivity contribution in [3.8, 4) is 0 Å². The van der Waals surface area contributed by atoms with Crippen molar-refractivity contribution in [1.29, 1.82) is 0 Å². The summed E-state index contributed by atoms with van der Waals surface area (Å²) in [7, 11) is 0. The second-order valence-corrected chi connectivity index (χ2v) is 4.94. The topological polar surface area (TPSA) is 17.1 Å². The van der Waals surface area contributed by atoms with Crippen LogP contribution >= 0.6 is 11.8 Å². The largest absolute Gasteiger partial charge is 0.287 e. The standard InChI is InChI=1S/C11H16OS/c1-8-6-5-7-11(2,3)9(8)10(12)13-4/h5-6,9H,1,7H2,2-4H3. The van der Waals surface area contributed by atoms with Crippen molar-refractivity contribution in [3.05, 3.63) is 24.3 Å². The number of thioether (sulfide) groups is 1. The average Bonchev–Trinajstić information content (AvgIpc) is 2.02. The highest BCUT2D eigenvalue weighted by Gasteiger charge is 2.36. The first-order valence-corrected chi connectivity index (χ1v) is 5.64. The van der Waals surface area contributed by atoms with Crippen LogP contribution in [0.1, 0.15) is 20.3 Å². The smallest absolute Gasteiger partial charge is 0.196 e. The predicted octanol–water partition coefficient (Wildman–Crippen LogP) is 3.03. The average molecular weight is 196 g/mol. The van der Waals surface area contributed by atoms with Gasteiger partial charge in [0.25, 0.3) is 0 Å². The first kappa shape index (κ1) is 10.6. The molecule has 1 aliphatic carbocycles.